The van der Waals surface area contributed by atoms with E-state index in [-0.39, 0.29) is 13.0 Å². The van der Waals surface area contributed by atoms with Gasteiger partial charge in [0.25, 0.3) is 5.69 Å². The molecule has 8 heteroatoms. The monoisotopic (exact) mass is 288 g/mol. The SMILES string of the molecule is CCN(c1c([N+](=O)[O-])ccc(F)c1F)C(C)CC(=O)O. The number of carboxylic acids is 1. The van der Waals surface area contributed by atoms with Gasteiger partial charge in [-0.25, -0.2) is 8.78 Å². The Morgan fingerprint density at radius 3 is 2.55 bits per heavy atom. The summed E-state index contributed by atoms with van der Waals surface area (Å²) in [6, 6.07) is 0.823. The molecule has 1 aromatic rings. The number of nitrogens with zero attached hydrogens (tertiary/aromatic N) is 2. The molecule has 0 saturated heterocycles. The minimum absolute atomic E-state index is 0.107. The zero-order valence-corrected chi connectivity index (χ0v) is 11.0. The van der Waals surface area contributed by atoms with E-state index < -0.39 is 39.9 Å². The van der Waals surface area contributed by atoms with E-state index in [0.717, 1.165) is 6.07 Å². The molecule has 1 atom stereocenters. The van der Waals surface area contributed by atoms with E-state index in [1.165, 1.54) is 11.8 Å². The molecule has 1 N–H and O–H groups in total. The minimum atomic E-state index is -1.35. The summed E-state index contributed by atoms with van der Waals surface area (Å²) in [5.74, 6) is -3.69. The van der Waals surface area contributed by atoms with E-state index in [4.69, 9.17) is 5.11 Å². The number of nitro benzene ring substituents is 1. The Balaban J connectivity index is 3.36. The quantitative estimate of drug-likeness (QED) is 0.642. The fourth-order valence-corrected chi connectivity index (χ4v) is 2.00. The van der Waals surface area contributed by atoms with Crippen molar-refractivity contribution < 1.29 is 23.6 Å². The molecule has 1 rings (SSSR count). The van der Waals surface area contributed by atoms with Gasteiger partial charge in [-0.05, 0) is 19.9 Å². The molecule has 0 fully saturated rings. The Morgan fingerprint density at radius 1 is 1.50 bits per heavy atom. The van der Waals surface area contributed by atoms with Crippen molar-refractivity contribution in [2.75, 3.05) is 11.4 Å². The van der Waals surface area contributed by atoms with Crippen LogP contribution in [0.5, 0.6) is 0 Å². The van der Waals surface area contributed by atoms with Gasteiger partial charge < -0.3 is 10.0 Å². The van der Waals surface area contributed by atoms with Crippen molar-refractivity contribution in [3.63, 3.8) is 0 Å². The summed E-state index contributed by atoms with van der Waals surface area (Å²) in [4.78, 5) is 22.0. The molecule has 0 radical (unpaired) electrons. The van der Waals surface area contributed by atoms with Gasteiger partial charge in [-0.15, -0.1) is 0 Å². The van der Waals surface area contributed by atoms with Gasteiger partial charge in [0.05, 0.1) is 11.3 Å². The van der Waals surface area contributed by atoms with E-state index in [0.29, 0.717) is 6.07 Å². The lowest BCUT2D eigenvalue weighted by Gasteiger charge is -2.29. The highest BCUT2D eigenvalue weighted by molar-refractivity contribution is 5.70. The topological polar surface area (TPSA) is 83.7 Å². The molecule has 0 aliphatic rings. The lowest BCUT2D eigenvalue weighted by Crippen LogP contribution is -2.36. The number of carbonyl (C=O) groups is 1. The standard InChI is InChI=1S/C12H14F2N2O4/c1-3-15(7(2)6-10(17)18)12-9(16(19)20)5-4-8(13)11(12)14/h4-5,7H,3,6H2,1-2H3,(H,17,18). The zero-order chi connectivity index (χ0) is 15.4. The van der Waals surface area contributed by atoms with Gasteiger partial charge in [0.1, 0.15) is 0 Å². The molecular weight excluding hydrogens is 274 g/mol. The third kappa shape index (κ3) is 3.19. The van der Waals surface area contributed by atoms with Crippen LogP contribution in [0.4, 0.5) is 20.2 Å². The van der Waals surface area contributed by atoms with Crippen molar-refractivity contribution in [3.05, 3.63) is 33.9 Å². The number of halogens is 2. The second-order valence-electron chi connectivity index (χ2n) is 4.22. The van der Waals surface area contributed by atoms with Gasteiger partial charge in [0.2, 0.25) is 0 Å². The third-order valence-electron chi connectivity index (χ3n) is 2.87. The maximum Gasteiger partial charge on any atom is 0.305 e. The Morgan fingerprint density at radius 2 is 2.10 bits per heavy atom. The highest BCUT2D eigenvalue weighted by Crippen LogP contribution is 2.34. The first-order valence-electron chi connectivity index (χ1n) is 5.90. The summed E-state index contributed by atoms with van der Waals surface area (Å²) in [6.07, 6.45) is -0.346. The first kappa shape index (κ1) is 15.8. The van der Waals surface area contributed by atoms with E-state index >= 15 is 0 Å². The Kier molecular flexibility index (Phi) is 4.95. The molecule has 0 amide bonds. The number of carboxylic acid groups (broad SMARTS) is 1. The maximum atomic E-state index is 13.9. The molecular formula is C12H14F2N2O4. The van der Waals surface area contributed by atoms with Crippen LogP contribution in [-0.2, 0) is 4.79 Å². The number of hydrogen-bond donors (Lipinski definition) is 1. The van der Waals surface area contributed by atoms with Crippen molar-refractivity contribution in [1.29, 1.82) is 0 Å². The molecule has 0 heterocycles. The molecule has 1 aromatic carbocycles. The summed E-state index contributed by atoms with van der Waals surface area (Å²) < 4.78 is 27.2. The largest absolute Gasteiger partial charge is 0.481 e. The average Bonchev–Trinajstić information content (AvgIpc) is 2.34. The summed E-state index contributed by atoms with van der Waals surface area (Å²) in [5, 5.41) is 19.7. The number of anilines is 1. The van der Waals surface area contributed by atoms with Gasteiger partial charge in [0, 0.05) is 18.7 Å². The number of aliphatic carboxylic acids is 1. The van der Waals surface area contributed by atoms with E-state index in [1.54, 1.807) is 6.92 Å². The Labute approximate surface area is 113 Å². The normalized spacial score (nSPS) is 12.0. The highest BCUT2D eigenvalue weighted by atomic mass is 19.2. The number of rotatable bonds is 6. The molecule has 0 aromatic heterocycles. The fourth-order valence-electron chi connectivity index (χ4n) is 2.00. The molecule has 0 aliphatic heterocycles. The van der Waals surface area contributed by atoms with Crippen LogP contribution in [0.3, 0.4) is 0 Å². The smallest absolute Gasteiger partial charge is 0.305 e. The van der Waals surface area contributed by atoms with Crippen LogP contribution in [0.15, 0.2) is 12.1 Å². The lowest BCUT2D eigenvalue weighted by atomic mass is 10.1. The van der Waals surface area contributed by atoms with Gasteiger partial charge in [0.15, 0.2) is 17.3 Å². The van der Waals surface area contributed by atoms with Gasteiger partial charge in [-0.1, -0.05) is 0 Å². The number of hydrogen-bond acceptors (Lipinski definition) is 4. The zero-order valence-electron chi connectivity index (χ0n) is 11.0. The first-order chi connectivity index (χ1) is 9.29. The van der Waals surface area contributed by atoms with Crippen LogP contribution >= 0.6 is 0 Å². The lowest BCUT2D eigenvalue weighted by molar-refractivity contribution is -0.384. The minimum Gasteiger partial charge on any atom is -0.481 e. The van der Waals surface area contributed by atoms with Gasteiger partial charge >= 0.3 is 5.97 Å². The third-order valence-corrected chi connectivity index (χ3v) is 2.87. The molecule has 1 unspecified atom stereocenters. The van der Waals surface area contributed by atoms with Crippen LogP contribution in [0, 0.1) is 21.7 Å². The predicted molar refractivity (Wildman–Crippen MR) is 67.7 cm³/mol. The Hall–Kier alpha value is -2.25. The van der Waals surface area contributed by atoms with Crippen molar-refractivity contribution >= 4 is 17.3 Å². The van der Waals surface area contributed by atoms with Crippen molar-refractivity contribution in [2.24, 2.45) is 0 Å². The van der Waals surface area contributed by atoms with Gasteiger partial charge in [-0.2, -0.15) is 0 Å². The van der Waals surface area contributed by atoms with Crippen LogP contribution in [0.2, 0.25) is 0 Å². The summed E-state index contributed by atoms with van der Waals surface area (Å²) in [5.41, 5.74) is -1.12. The Bertz CT molecular complexity index is 536. The number of benzene rings is 1. The van der Waals surface area contributed by atoms with Crippen LogP contribution in [0.25, 0.3) is 0 Å². The first-order valence-corrected chi connectivity index (χ1v) is 5.90. The maximum absolute atomic E-state index is 13.9. The molecule has 0 spiro atoms. The molecule has 6 nitrogen and oxygen atoms in total. The molecule has 0 bridgehead atoms. The van der Waals surface area contributed by atoms with Crippen LogP contribution < -0.4 is 4.90 Å². The van der Waals surface area contributed by atoms with E-state index in [2.05, 4.69) is 0 Å². The highest BCUT2D eigenvalue weighted by Gasteiger charge is 2.29. The molecule has 20 heavy (non-hydrogen) atoms. The molecule has 0 saturated carbocycles. The second kappa shape index (κ2) is 6.27. The summed E-state index contributed by atoms with van der Waals surface area (Å²) in [6.45, 7) is 3.16. The van der Waals surface area contributed by atoms with Crippen molar-refractivity contribution in [1.82, 2.24) is 0 Å². The summed E-state index contributed by atoms with van der Waals surface area (Å²) >= 11 is 0. The predicted octanol–water partition coefficient (Wildman–Crippen LogP) is 2.56. The molecule has 0 aliphatic carbocycles. The van der Waals surface area contributed by atoms with Gasteiger partial charge in [-0.3, -0.25) is 14.9 Å². The number of nitro groups is 1. The average molecular weight is 288 g/mol. The summed E-state index contributed by atoms with van der Waals surface area (Å²) in [7, 11) is 0. The van der Waals surface area contributed by atoms with E-state index in [9.17, 15) is 23.7 Å². The molecule has 110 valence electrons. The van der Waals surface area contributed by atoms with E-state index in [1.807, 2.05) is 0 Å². The van der Waals surface area contributed by atoms with Crippen molar-refractivity contribution in [3.8, 4) is 0 Å². The van der Waals surface area contributed by atoms with Crippen LogP contribution in [0.1, 0.15) is 20.3 Å². The second-order valence-corrected chi connectivity index (χ2v) is 4.22. The van der Waals surface area contributed by atoms with Crippen LogP contribution in [-0.4, -0.2) is 28.6 Å². The van der Waals surface area contributed by atoms with Crippen molar-refractivity contribution in [2.45, 2.75) is 26.3 Å². The fraction of sp³-hybridized carbons (Fsp3) is 0.417.